The Hall–Kier alpha value is -1.92. The van der Waals surface area contributed by atoms with Crippen molar-refractivity contribution in [2.75, 3.05) is 6.73 Å². The molecule has 6 nitrogen and oxygen atoms in total. The van der Waals surface area contributed by atoms with Gasteiger partial charge in [0.05, 0.1) is 5.56 Å². The summed E-state index contributed by atoms with van der Waals surface area (Å²) < 4.78 is 9.66. The molecule has 2 N–H and O–H groups in total. The van der Waals surface area contributed by atoms with Crippen LogP contribution in [0.5, 0.6) is 0 Å². The highest BCUT2D eigenvalue weighted by Gasteiger charge is 2.08. The zero-order valence-corrected chi connectivity index (χ0v) is 7.64. The largest absolute Gasteiger partial charge is 0.444 e. The van der Waals surface area contributed by atoms with Crippen molar-refractivity contribution in [3.8, 4) is 0 Å². The lowest BCUT2D eigenvalue weighted by Gasteiger charge is -2.02. The number of fused-ring (bicyclic) bond motifs is 1. The van der Waals surface area contributed by atoms with Crippen LogP contribution in [0.3, 0.4) is 0 Å². The normalized spacial score (nSPS) is 10.5. The number of carbonyl (C=O) groups excluding carboxylic acids is 1. The van der Waals surface area contributed by atoms with Crippen molar-refractivity contribution in [1.82, 2.24) is 10.5 Å². The van der Waals surface area contributed by atoms with Crippen LogP contribution in [0.15, 0.2) is 29.0 Å². The molecule has 1 heterocycles. The van der Waals surface area contributed by atoms with Gasteiger partial charge in [-0.25, -0.2) is 9.78 Å². The van der Waals surface area contributed by atoms with Crippen molar-refractivity contribution in [2.45, 2.75) is 0 Å². The van der Waals surface area contributed by atoms with E-state index in [4.69, 9.17) is 9.62 Å². The number of nitrogens with one attached hydrogen (secondary N) is 1. The summed E-state index contributed by atoms with van der Waals surface area (Å²) >= 11 is 0. The molecule has 0 aliphatic rings. The Bertz CT molecular complexity index is 480. The van der Waals surface area contributed by atoms with E-state index in [1.807, 2.05) is 0 Å². The van der Waals surface area contributed by atoms with Crippen LogP contribution in [-0.2, 0) is 4.74 Å². The van der Waals surface area contributed by atoms with Crippen LogP contribution in [0.2, 0.25) is 0 Å². The van der Waals surface area contributed by atoms with E-state index in [-0.39, 0.29) is 6.73 Å². The molecular weight excluding hydrogens is 200 g/mol. The number of aromatic nitrogens is 1. The first kappa shape index (κ1) is 9.63. The molecule has 0 spiro atoms. The predicted octanol–water partition coefficient (Wildman–Crippen LogP) is 0.921. The molecule has 78 valence electrons. The lowest BCUT2D eigenvalue weighted by molar-refractivity contribution is 0.0193. The van der Waals surface area contributed by atoms with Gasteiger partial charge in [-0.1, -0.05) is 0 Å². The second kappa shape index (κ2) is 4.07. The van der Waals surface area contributed by atoms with E-state index in [2.05, 4.69) is 9.72 Å². The third kappa shape index (κ3) is 1.95. The SMILES string of the molecule is O=C(OCNO)c1ccc2ocnc2c1. The number of hydrogen-bond acceptors (Lipinski definition) is 6. The molecule has 0 unspecified atom stereocenters. The lowest BCUT2D eigenvalue weighted by atomic mass is 10.2. The van der Waals surface area contributed by atoms with Gasteiger partial charge < -0.3 is 14.4 Å². The highest BCUT2D eigenvalue weighted by atomic mass is 16.6. The van der Waals surface area contributed by atoms with Gasteiger partial charge in [0.15, 0.2) is 18.7 Å². The third-order valence-electron chi connectivity index (χ3n) is 1.83. The summed E-state index contributed by atoms with van der Waals surface area (Å²) in [6.45, 7) is -0.254. The van der Waals surface area contributed by atoms with Crippen molar-refractivity contribution in [2.24, 2.45) is 0 Å². The Kier molecular flexibility index (Phi) is 2.61. The number of carbonyl (C=O) groups is 1. The summed E-state index contributed by atoms with van der Waals surface area (Å²) in [6.07, 6.45) is 1.30. The number of oxazole rings is 1. The summed E-state index contributed by atoms with van der Waals surface area (Å²) in [6, 6.07) is 4.75. The molecule has 0 atom stereocenters. The number of nitrogens with zero attached hydrogens (tertiary/aromatic N) is 1. The van der Waals surface area contributed by atoms with Gasteiger partial charge in [0, 0.05) is 0 Å². The fourth-order valence-electron chi connectivity index (χ4n) is 1.17. The van der Waals surface area contributed by atoms with Gasteiger partial charge in [0.2, 0.25) is 0 Å². The number of ether oxygens (including phenoxy) is 1. The van der Waals surface area contributed by atoms with Crippen LogP contribution in [0.1, 0.15) is 10.4 Å². The second-order valence-electron chi connectivity index (χ2n) is 2.77. The number of benzene rings is 1. The molecule has 1 aromatic heterocycles. The summed E-state index contributed by atoms with van der Waals surface area (Å²) in [4.78, 5) is 15.2. The fourth-order valence-corrected chi connectivity index (χ4v) is 1.17. The van der Waals surface area contributed by atoms with Gasteiger partial charge >= 0.3 is 5.97 Å². The Balaban J connectivity index is 2.23. The molecule has 0 radical (unpaired) electrons. The maximum Gasteiger partial charge on any atom is 0.339 e. The molecule has 0 amide bonds. The zero-order valence-electron chi connectivity index (χ0n) is 7.64. The monoisotopic (exact) mass is 208 g/mol. The molecule has 0 aliphatic heterocycles. The zero-order chi connectivity index (χ0) is 10.7. The van der Waals surface area contributed by atoms with E-state index in [1.54, 1.807) is 23.7 Å². The quantitative estimate of drug-likeness (QED) is 0.443. The minimum Gasteiger partial charge on any atom is -0.444 e. The Morgan fingerprint density at radius 3 is 3.27 bits per heavy atom. The lowest BCUT2D eigenvalue weighted by Crippen LogP contribution is -2.16. The second-order valence-corrected chi connectivity index (χ2v) is 2.77. The molecular formula is C9H8N2O4. The maximum atomic E-state index is 11.3. The van der Waals surface area contributed by atoms with Crippen LogP contribution in [-0.4, -0.2) is 22.9 Å². The van der Waals surface area contributed by atoms with Gasteiger partial charge in [-0.3, -0.25) is 0 Å². The van der Waals surface area contributed by atoms with E-state index in [1.165, 1.54) is 6.39 Å². The van der Waals surface area contributed by atoms with Gasteiger partial charge in [-0.15, -0.1) is 0 Å². The molecule has 0 bridgehead atoms. The van der Waals surface area contributed by atoms with Crippen LogP contribution in [0, 0.1) is 0 Å². The molecule has 0 saturated heterocycles. The standard InChI is InChI=1S/C9H8N2O4/c12-9(15-5-11-13)6-1-2-8-7(3-6)10-4-14-8/h1-4,11,13H,5H2. The van der Waals surface area contributed by atoms with E-state index in [0.29, 0.717) is 16.7 Å². The number of hydroxylamine groups is 1. The smallest absolute Gasteiger partial charge is 0.339 e. The maximum absolute atomic E-state index is 11.3. The molecule has 1 aromatic carbocycles. The van der Waals surface area contributed by atoms with Crippen LogP contribution in [0.4, 0.5) is 0 Å². The molecule has 0 aliphatic carbocycles. The predicted molar refractivity (Wildman–Crippen MR) is 49.2 cm³/mol. The minimum absolute atomic E-state index is 0.254. The van der Waals surface area contributed by atoms with Crippen molar-refractivity contribution in [1.29, 1.82) is 0 Å². The van der Waals surface area contributed by atoms with Gasteiger partial charge in [0.1, 0.15) is 5.52 Å². The van der Waals surface area contributed by atoms with Crippen molar-refractivity contribution in [3.63, 3.8) is 0 Å². The van der Waals surface area contributed by atoms with Crippen LogP contribution >= 0.6 is 0 Å². The molecule has 15 heavy (non-hydrogen) atoms. The number of esters is 1. The van der Waals surface area contributed by atoms with E-state index >= 15 is 0 Å². The van der Waals surface area contributed by atoms with Crippen LogP contribution < -0.4 is 5.48 Å². The van der Waals surface area contributed by atoms with Crippen LogP contribution in [0.25, 0.3) is 11.1 Å². The van der Waals surface area contributed by atoms with Crippen molar-refractivity contribution >= 4 is 17.1 Å². The summed E-state index contributed by atoms with van der Waals surface area (Å²) in [5.74, 6) is -0.540. The first-order valence-corrected chi connectivity index (χ1v) is 4.18. The fraction of sp³-hybridized carbons (Fsp3) is 0.111. The van der Waals surface area contributed by atoms with E-state index in [9.17, 15) is 4.79 Å². The third-order valence-corrected chi connectivity index (χ3v) is 1.83. The van der Waals surface area contributed by atoms with Gasteiger partial charge in [0.25, 0.3) is 0 Å². The Labute approximate surface area is 84.4 Å². The number of hydrogen-bond donors (Lipinski definition) is 2. The Morgan fingerprint density at radius 1 is 1.60 bits per heavy atom. The average molecular weight is 208 g/mol. The average Bonchev–Trinajstić information content (AvgIpc) is 2.72. The highest BCUT2D eigenvalue weighted by molar-refractivity contribution is 5.93. The minimum atomic E-state index is -0.540. The Morgan fingerprint density at radius 2 is 2.47 bits per heavy atom. The summed E-state index contributed by atoms with van der Waals surface area (Å²) in [5.41, 5.74) is 3.26. The summed E-state index contributed by atoms with van der Waals surface area (Å²) in [7, 11) is 0. The molecule has 0 saturated carbocycles. The topological polar surface area (TPSA) is 84.6 Å². The van der Waals surface area contributed by atoms with E-state index < -0.39 is 5.97 Å². The van der Waals surface area contributed by atoms with Gasteiger partial charge in [-0.2, -0.15) is 5.48 Å². The number of rotatable bonds is 3. The van der Waals surface area contributed by atoms with Crippen molar-refractivity contribution < 1.29 is 19.2 Å². The molecule has 6 heteroatoms. The molecule has 2 rings (SSSR count). The summed E-state index contributed by atoms with van der Waals surface area (Å²) in [5, 5.41) is 8.25. The van der Waals surface area contributed by atoms with E-state index in [0.717, 1.165) is 0 Å². The van der Waals surface area contributed by atoms with Gasteiger partial charge in [-0.05, 0) is 18.2 Å². The first-order chi connectivity index (χ1) is 7.31. The first-order valence-electron chi connectivity index (χ1n) is 4.18. The highest BCUT2D eigenvalue weighted by Crippen LogP contribution is 2.14. The molecule has 0 fully saturated rings. The van der Waals surface area contributed by atoms with Crippen molar-refractivity contribution in [3.05, 3.63) is 30.2 Å². The molecule has 2 aromatic rings.